The molecule has 1 aliphatic rings. The van der Waals surface area contributed by atoms with E-state index in [1.807, 2.05) is 6.07 Å². The Balaban J connectivity index is 1.70. The number of carbonyl (C=O) groups is 2. The maximum Gasteiger partial charge on any atom is 0.258 e. The molecular weight excluding hydrogens is 439 g/mol. The third-order valence-electron chi connectivity index (χ3n) is 5.21. The highest BCUT2D eigenvalue weighted by Gasteiger charge is 2.29. The average Bonchev–Trinajstić information content (AvgIpc) is 3.06. The van der Waals surface area contributed by atoms with Gasteiger partial charge in [0.05, 0.1) is 26.9 Å². The molecule has 0 bridgehead atoms. The minimum atomic E-state index is -0.334. The fourth-order valence-corrected chi connectivity index (χ4v) is 5.45. The summed E-state index contributed by atoms with van der Waals surface area (Å²) in [6.45, 7) is 2.20. The molecule has 1 heterocycles. The minimum absolute atomic E-state index is 0.274. The van der Waals surface area contributed by atoms with Crippen LogP contribution in [0.25, 0.3) is 0 Å². The third-order valence-corrected chi connectivity index (χ3v) is 7.04. The summed E-state index contributed by atoms with van der Waals surface area (Å²) in [5.74, 6) is -0.0635. The monoisotopic (exact) mass is 458 g/mol. The van der Waals surface area contributed by atoms with Crippen LogP contribution in [0.3, 0.4) is 0 Å². The summed E-state index contributed by atoms with van der Waals surface area (Å²) >= 11 is 13.9. The van der Waals surface area contributed by atoms with E-state index < -0.39 is 0 Å². The van der Waals surface area contributed by atoms with Crippen LogP contribution < -0.4 is 10.6 Å². The summed E-state index contributed by atoms with van der Waals surface area (Å²) in [5.41, 5.74) is 2.44. The molecule has 0 fully saturated rings. The standard InChI is InChI=1S/C23H20Cl2N2O2S/c1-13-10-11-15-19(12-13)30-23(27-21(28)14-6-2-3-7-16(14)24)20(15)22(29)26-18-9-5-4-8-17(18)25/h2-9,13H,10-12H2,1H3,(H,26,29)(H,27,28)/t13-/m1/s1. The molecule has 3 aromatic rings. The normalized spacial score (nSPS) is 15.4. The van der Waals surface area contributed by atoms with Gasteiger partial charge in [-0.05, 0) is 55.0 Å². The lowest BCUT2D eigenvalue weighted by atomic mass is 9.88. The van der Waals surface area contributed by atoms with E-state index >= 15 is 0 Å². The Hall–Kier alpha value is -2.34. The molecule has 1 aliphatic carbocycles. The van der Waals surface area contributed by atoms with Gasteiger partial charge in [-0.15, -0.1) is 11.3 Å². The van der Waals surface area contributed by atoms with E-state index in [4.69, 9.17) is 23.2 Å². The van der Waals surface area contributed by atoms with Crippen LogP contribution in [-0.2, 0) is 12.8 Å². The molecule has 0 saturated heterocycles. The Kier molecular flexibility index (Phi) is 6.14. The lowest BCUT2D eigenvalue weighted by Gasteiger charge is -2.18. The smallest absolute Gasteiger partial charge is 0.258 e. The summed E-state index contributed by atoms with van der Waals surface area (Å²) in [4.78, 5) is 27.2. The molecule has 30 heavy (non-hydrogen) atoms. The maximum absolute atomic E-state index is 13.2. The predicted octanol–water partition coefficient (Wildman–Crippen LogP) is 6.68. The number of hydrogen-bond donors (Lipinski definition) is 2. The first kappa shape index (κ1) is 20.9. The van der Waals surface area contributed by atoms with Crippen molar-refractivity contribution in [2.45, 2.75) is 26.2 Å². The molecule has 0 spiro atoms. The van der Waals surface area contributed by atoms with Gasteiger partial charge in [0.2, 0.25) is 0 Å². The summed E-state index contributed by atoms with van der Waals surface area (Å²) in [5, 5.41) is 7.20. The van der Waals surface area contributed by atoms with E-state index in [0.717, 1.165) is 29.7 Å². The number of halogens is 2. The van der Waals surface area contributed by atoms with Gasteiger partial charge in [-0.25, -0.2) is 0 Å². The number of thiophene rings is 1. The number of anilines is 2. The van der Waals surface area contributed by atoms with E-state index in [1.165, 1.54) is 11.3 Å². The number of rotatable bonds is 4. The van der Waals surface area contributed by atoms with Crippen LogP contribution in [0, 0.1) is 5.92 Å². The van der Waals surface area contributed by atoms with Crippen molar-refractivity contribution in [1.82, 2.24) is 0 Å². The van der Waals surface area contributed by atoms with Crippen molar-refractivity contribution < 1.29 is 9.59 Å². The van der Waals surface area contributed by atoms with Gasteiger partial charge in [-0.1, -0.05) is 54.4 Å². The molecule has 2 N–H and O–H groups in total. The second-order valence-corrected chi connectivity index (χ2v) is 9.34. The number of fused-ring (bicyclic) bond motifs is 1. The molecule has 0 aliphatic heterocycles. The molecule has 0 radical (unpaired) electrons. The average molecular weight is 459 g/mol. The van der Waals surface area contributed by atoms with Gasteiger partial charge < -0.3 is 10.6 Å². The molecule has 7 heteroatoms. The van der Waals surface area contributed by atoms with Crippen LogP contribution in [0.2, 0.25) is 10.0 Å². The van der Waals surface area contributed by atoms with E-state index in [1.54, 1.807) is 42.5 Å². The number of para-hydroxylation sites is 1. The van der Waals surface area contributed by atoms with Crippen LogP contribution >= 0.6 is 34.5 Å². The van der Waals surface area contributed by atoms with Gasteiger partial charge in [0, 0.05) is 4.88 Å². The molecular formula is C23H20Cl2N2O2S. The lowest BCUT2D eigenvalue weighted by molar-refractivity contribution is 0.102. The van der Waals surface area contributed by atoms with Gasteiger partial charge >= 0.3 is 0 Å². The van der Waals surface area contributed by atoms with Gasteiger partial charge in [0.1, 0.15) is 5.00 Å². The van der Waals surface area contributed by atoms with Crippen LogP contribution in [0.15, 0.2) is 48.5 Å². The molecule has 4 rings (SSSR count). The van der Waals surface area contributed by atoms with Crippen molar-refractivity contribution in [3.8, 4) is 0 Å². The van der Waals surface area contributed by atoms with Crippen molar-refractivity contribution in [3.05, 3.63) is 80.1 Å². The first-order valence-electron chi connectivity index (χ1n) is 9.70. The van der Waals surface area contributed by atoms with Crippen LogP contribution in [0.4, 0.5) is 10.7 Å². The van der Waals surface area contributed by atoms with Crippen LogP contribution in [0.1, 0.15) is 44.5 Å². The highest BCUT2D eigenvalue weighted by atomic mass is 35.5. The van der Waals surface area contributed by atoms with Crippen molar-refractivity contribution in [3.63, 3.8) is 0 Å². The zero-order valence-electron chi connectivity index (χ0n) is 16.3. The number of carbonyl (C=O) groups excluding carboxylic acids is 2. The minimum Gasteiger partial charge on any atom is -0.321 e. The van der Waals surface area contributed by atoms with Gasteiger partial charge in [0.25, 0.3) is 11.8 Å². The largest absolute Gasteiger partial charge is 0.321 e. The summed E-state index contributed by atoms with van der Waals surface area (Å²) in [6.07, 6.45) is 2.71. The molecule has 154 valence electrons. The first-order chi connectivity index (χ1) is 14.4. The first-order valence-corrected chi connectivity index (χ1v) is 11.3. The Morgan fingerprint density at radius 3 is 2.40 bits per heavy atom. The van der Waals surface area contributed by atoms with E-state index in [2.05, 4.69) is 17.6 Å². The zero-order valence-corrected chi connectivity index (χ0v) is 18.6. The van der Waals surface area contributed by atoms with E-state index in [9.17, 15) is 9.59 Å². The van der Waals surface area contributed by atoms with Gasteiger partial charge in [-0.3, -0.25) is 9.59 Å². The van der Waals surface area contributed by atoms with Gasteiger partial charge in [0.15, 0.2) is 0 Å². The molecule has 1 atom stereocenters. The van der Waals surface area contributed by atoms with Crippen molar-refractivity contribution in [2.24, 2.45) is 5.92 Å². The predicted molar refractivity (Wildman–Crippen MR) is 124 cm³/mol. The van der Waals surface area contributed by atoms with Crippen LogP contribution in [-0.4, -0.2) is 11.8 Å². The molecule has 0 unspecified atom stereocenters. The topological polar surface area (TPSA) is 58.2 Å². The second-order valence-electron chi connectivity index (χ2n) is 7.42. The molecule has 0 saturated carbocycles. The Labute approximate surface area is 189 Å². The maximum atomic E-state index is 13.2. The lowest BCUT2D eigenvalue weighted by Crippen LogP contribution is -2.19. The second kappa shape index (κ2) is 8.80. The van der Waals surface area contributed by atoms with Gasteiger partial charge in [-0.2, -0.15) is 0 Å². The van der Waals surface area contributed by atoms with E-state index in [-0.39, 0.29) is 11.8 Å². The molecule has 4 nitrogen and oxygen atoms in total. The van der Waals surface area contributed by atoms with Crippen molar-refractivity contribution in [1.29, 1.82) is 0 Å². The number of amides is 2. The Morgan fingerprint density at radius 2 is 1.67 bits per heavy atom. The van der Waals surface area contributed by atoms with Crippen molar-refractivity contribution in [2.75, 3.05) is 10.6 Å². The summed E-state index contributed by atoms with van der Waals surface area (Å²) < 4.78 is 0. The summed E-state index contributed by atoms with van der Waals surface area (Å²) in [6, 6.07) is 14.0. The summed E-state index contributed by atoms with van der Waals surface area (Å²) in [7, 11) is 0. The number of hydrogen-bond acceptors (Lipinski definition) is 3. The number of benzene rings is 2. The fourth-order valence-electron chi connectivity index (χ4n) is 3.64. The highest BCUT2D eigenvalue weighted by Crippen LogP contribution is 2.40. The van der Waals surface area contributed by atoms with Crippen LogP contribution in [0.5, 0.6) is 0 Å². The van der Waals surface area contributed by atoms with Crippen molar-refractivity contribution >= 4 is 57.0 Å². The molecule has 2 aromatic carbocycles. The number of nitrogens with one attached hydrogen (secondary N) is 2. The highest BCUT2D eigenvalue weighted by molar-refractivity contribution is 7.17. The zero-order chi connectivity index (χ0) is 21.3. The third kappa shape index (κ3) is 4.24. The Morgan fingerprint density at radius 1 is 0.967 bits per heavy atom. The SMILES string of the molecule is C[C@@H]1CCc2c(sc(NC(=O)c3ccccc3Cl)c2C(=O)Nc2ccccc2Cl)C1. The van der Waals surface area contributed by atoms with E-state index in [0.29, 0.717) is 37.8 Å². The fraction of sp³-hybridized carbons (Fsp3) is 0.217. The quantitative estimate of drug-likeness (QED) is 0.457. The molecule has 2 amide bonds. The Bertz CT molecular complexity index is 1130. The molecule has 1 aromatic heterocycles.